The Bertz CT molecular complexity index is 358. The second-order valence-electron chi connectivity index (χ2n) is 3.66. The summed E-state index contributed by atoms with van der Waals surface area (Å²) in [5, 5.41) is 0. The van der Waals surface area contributed by atoms with Crippen LogP contribution in [0.5, 0.6) is 0 Å². The van der Waals surface area contributed by atoms with Crippen molar-refractivity contribution >= 4 is 11.4 Å². The Balaban J connectivity index is 3.44. The third kappa shape index (κ3) is 2.06. The van der Waals surface area contributed by atoms with Crippen molar-refractivity contribution < 1.29 is 0 Å². The first-order chi connectivity index (χ1) is 7.02. The zero-order valence-electron chi connectivity index (χ0n) is 9.38. The number of rotatable bonds is 3. The lowest BCUT2D eigenvalue weighted by Gasteiger charge is -2.18. The van der Waals surface area contributed by atoms with Crippen molar-refractivity contribution in [3.05, 3.63) is 22.8 Å². The van der Waals surface area contributed by atoms with Crippen molar-refractivity contribution in [1.82, 2.24) is 0 Å². The molecule has 0 radical (unpaired) electrons. The van der Waals surface area contributed by atoms with E-state index in [1.54, 1.807) is 0 Å². The fourth-order valence-electron chi connectivity index (χ4n) is 1.81. The van der Waals surface area contributed by atoms with Crippen LogP contribution in [0.2, 0.25) is 0 Å². The van der Waals surface area contributed by atoms with E-state index >= 15 is 0 Å². The van der Waals surface area contributed by atoms with E-state index in [0.717, 1.165) is 35.2 Å². The van der Waals surface area contributed by atoms with Gasteiger partial charge in [0.2, 0.25) is 0 Å². The summed E-state index contributed by atoms with van der Waals surface area (Å²) in [5.74, 6) is 0. The Morgan fingerprint density at radius 2 is 1.67 bits per heavy atom. The van der Waals surface area contributed by atoms with Crippen LogP contribution in [0.25, 0.3) is 0 Å². The number of aryl methyl sites for hydroxylation is 1. The molecule has 4 heteroatoms. The van der Waals surface area contributed by atoms with E-state index in [4.69, 9.17) is 22.9 Å². The molecule has 0 aromatic heterocycles. The normalized spacial score (nSPS) is 11.0. The maximum atomic E-state index is 6.01. The topological polar surface area (TPSA) is 104 Å². The molecule has 0 aliphatic heterocycles. The fraction of sp³-hybridized carbons (Fsp3) is 0.455. The van der Waals surface area contributed by atoms with Crippen LogP contribution in [0.4, 0.5) is 11.4 Å². The minimum Gasteiger partial charge on any atom is -0.398 e. The Morgan fingerprint density at radius 1 is 1.07 bits per heavy atom. The molecule has 0 heterocycles. The zero-order chi connectivity index (χ0) is 11.6. The largest absolute Gasteiger partial charge is 0.398 e. The van der Waals surface area contributed by atoms with Gasteiger partial charge in [0, 0.05) is 16.9 Å². The Labute approximate surface area is 90.6 Å². The van der Waals surface area contributed by atoms with Crippen LogP contribution in [-0.4, -0.2) is 0 Å². The third-order valence-electron chi connectivity index (χ3n) is 2.73. The summed E-state index contributed by atoms with van der Waals surface area (Å²) in [7, 11) is 0. The van der Waals surface area contributed by atoms with Crippen molar-refractivity contribution in [2.45, 2.75) is 32.9 Å². The van der Waals surface area contributed by atoms with Crippen LogP contribution in [0.15, 0.2) is 6.07 Å². The quantitative estimate of drug-likeness (QED) is 0.437. The third-order valence-corrected chi connectivity index (χ3v) is 2.73. The van der Waals surface area contributed by atoms with Crippen molar-refractivity contribution in [3.63, 3.8) is 0 Å². The van der Waals surface area contributed by atoms with Gasteiger partial charge in [-0.25, -0.2) is 0 Å². The van der Waals surface area contributed by atoms with E-state index < -0.39 is 6.17 Å². The van der Waals surface area contributed by atoms with Gasteiger partial charge in [0.05, 0.1) is 6.17 Å². The second-order valence-corrected chi connectivity index (χ2v) is 3.66. The molecule has 84 valence electrons. The summed E-state index contributed by atoms with van der Waals surface area (Å²) in [5.41, 5.74) is 27.6. The molecule has 4 nitrogen and oxygen atoms in total. The van der Waals surface area contributed by atoms with Gasteiger partial charge >= 0.3 is 0 Å². The highest BCUT2D eigenvalue weighted by atomic mass is 14.9. The number of nitrogen functional groups attached to an aromatic ring is 2. The maximum absolute atomic E-state index is 6.01. The predicted molar refractivity (Wildman–Crippen MR) is 65.1 cm³/mol. The molecule has 0 atom stereocenters. The molecule has 0 aliphatic carbocycles. The Morgan fingerprint density at radius 3 is 2.07 bits per heavy atom. The molecule has 0 spiro atoms. The summed E-state index contributed by atoms with van der Waals surface area (Å²) < 4.78 is 0. The van der Waals surface area contributed by atoms with Crippen LogP contribution in [0.1, 0.15) is 36.7 Å². The molecule has 15 heavy (non-hydrogen) atoms. The molecule has 0 fully saturated rings. The molecular weight excluding hydrogens is 188 g/mol. The monoisotopic (exact) mass is 208 g/mol. The van der Waals surface area contributed by atoms with E-state index in [-0.39, 0.29) is 0 Å². The number of nitrogens with two attached hydrogens (primary N) is 4. The van der Waals surface area contributed by atoms with Gasteiger partial charge in [-0.15, -0.1) is 0 Å². The highest BCUT2D eigenvalue weighted by Gasteiger charge is 2.14. The van der Waals surface area contributed by atoms with Crippen LogP contribution in [0.3, 0.4) is 0 Å². The van der Waals surface area contributed by atoms with Crippen molar-refractivity contribution in [3.8, 4) is 0 Å². The predicted octanol–water partition coefficient (Wildman–Crippen LogP) is 0.892. The van der Waals surface area contributed by atoms with Gasteiger partial charge in [-0.3, -0.25) is 0 Å². The van der Waals surface area contributed by atoms with Gasteiger partial charge in [-0.05, 0) is 30.0 Å². The molecule has 8 N–H and O–H groups in total. The van der Waals surface area contributed by atoms with E-state index in [9.17, 15) is 0 Å². The van der Waals surface area contributed by atoms with Gasteiger partial charge in [0.15, 0.2) is 0 Å². The molecule has 0 aliphatic rings. The molecule has 1 rings (SSSR count). The summed E-state index contributed by atoms with van der Waals surface area (Å²) in [6, 6.07) is 1.91. The van der Waals surface area contributed by atoms with E-state index in [1.165, 1.54) is 0 Å². The van der Waals surface area contributed by atoms with E-state index in [0.29, 0.717) is 5.69 Å². The highest BCUT2D eigenvalue weighted by Crippen LogP contribution is 2.30. The standard InChI is InChI=1S/C11H20N4/c1-3-6-5-8(11(14)15)10(13)7(4-2)9(6)12/h5,11H,3-4,12-15H2,1-2H3. The number of hydrogen-bond donors (Lipinski definition) is 4. The first kappa shape index (κ1) is 11.8. The van der Waals surface area contributed by atoms with Crippen molar-refractivity contribution in [2.75, 3.05) is 11.5 Å². The molecule has 1 aromatic carbocycles. The first-order valence-corrected chi connectivity index (χ1v) is 5.23. The molecule has 0 saturated heterocycles. The Kier molecular flexibility index (Phi) is 3.55. The van der Waals surface area contributed by atoms with Gasteiger partial charge in [0.25, 0.3) is 0 Å². The van der Waals surface area contributed by atoms with Crippen LogP contribution < -0.4 is 22.9 Å². The van der Waals surface area contributed by atoms with Crippen LogP contribution in [-0.2, 0) is 12.8 Å². The van der Waals surface area contributed by atoms with Crippen molar-refractivity contribution in [2.24, 2.45) is 11.5 Å². The number of anilines is 2. The minimum atomic E-state index is -0.541. The second kappa shape index (κ2) is 4.51. The zero-order valence-corrected chi connectivity index (χ0v) is 9.38. The van der Waals surface area contributed by atoms with Crippen LogP contribution >= 0.6 is 0 Å². The van der Waals surface area contributed by atoms with Gasteiger partial charge in [-0.2, -0.15) is 0 Å². The van der Waals surface area contributed by atoms with Crippen LogP contribution in [0, 0.1) is 0 Å². The summed E-state index contributed by atoms with van der Waals surface area (Å²) in [6.07, 6.45) is 1.12. The molecule has 1 aromatic rings. The van der Waals surface area contributed by atoms with Gasteiger partial charge in [0.1, 0.15) is 0 Å². The lowest BCUT2D eigenvalue weighted by atomic mass is 9.96. The van der Waals surface area contributed by atoms with E-state index in [1.807, 2.05) is 19.9 Å². The SMILES string of the molecule is CCc1cc(C(N)N)c(N)c(CC)c1N. The van der Waals surface area contributed by atoms with E-state index in [2.05, 4.69) is 0 Å². The lowest BCUT2D eigenvalue weighted by molar-refractivity contribution is 0.772. The maximum Gasteiger partial charge on any atom is 0.0805 e. The molecule has 0 bridgehead atoms. The summed E-state index contributed by atoms with van der Waals surface area (Å²) in [6.45, 7) is 4.07. The molecule has 0 unspecified atom stereocenters. The van der Waals surface area contributed by atoms with Gasteiger partial charge in [-0.1, -0.05) is 13.8 Å². The van der Waals surface area contributed by atoms with Crippen molar-refractivity contribution in [1.29, 1.82) is 0 Å². The van der Waals surface area contributed by atoms with Gasteiger partial charge < -0.3 is 22.9 Å². The average Bonchev–Trinajstić information content (AvgIpc) is 2.18. The summed E-state index contributed by atoms with van der Waals surface area (Å²) >= 11 is 0. The molecule has 0 saturated carbocycles. The minimum absolute atomic E-state index is 0.541. The summed E-state index contributed by atoms with van der Waals surface area (Å²) in [4.78, 5) is 0. The number of hydrogen-bond acceptors (Lipinski definition) is 4. The highest BCUT2D eigenvalue weighted by molar-refractivity contribution is 5.69. The Hall–Kier alpha value is -1.26. The lowest BCUT2D eigenvalue weighted by Crippen LogP contribution is -2.23. The fourth-order valence-corrected chi connectivity index (χ4v) is 1.81. The first-order valence-electron chi connectivity index (χ1n) is 5.23. The smallest absolute Gasteiger partial charge is 0.0805 e. The number of benzene rings is 1. The average molecular weight is 208 g/mol. The molecule has 0 amide bonds. The molecular formula is C11H20N4.